The maximum absolute atomic E-state index is 13.8. The first-order valence-electron chi connectivity index (χ1n) is 10.1. The van der Waals surface area contributed by atoms with Gasteiger partial charge in [0.05, 0.1) is 10.4 Å². The van der Waals surface area contributed by atoms with Gasteiger partial charge in [0.25, 0.3) is 5.91 Å². The quantitative estimate of drug-likeness (QED) is 0.537. The second-order valence-corrected chi connectivity index (χ2v) is 9.78. The number of rotatable bonds is 5. The Labute approximate surface area is 184 Å². The highest BCUT2D eigenvalue weighted by atomic mass is 32.2. The monoisotopic (exact) mass is 463 g/mol. The lowest BCUT2D eigenvalue weighted by atomic mass is 9.88. The van der Waals surface area contributed by atoms with Crippen molar-refractivity contribution in [2.75, 3.05) is 19.6 Å². The standard InChI is InChI=1S/C21H23F2N5O3S/c22-16-5-4-15(18(23)11-16)12-26-32(30,31)17-3-1-2-14(10-17)19(29)28-8-6-21(7-9-28)13-25-20(24)27-21/h1-5,10-11,26H,6-9,12-13H2,(H3,24,25,27). The summed E-state index contributed by atoms with van der Waals surface area (Å²) in [4.78, 5) is 14.5. The van der Waals surface area contributed by atoms with Gasteiger partial charge in [-0.25, -0.2) is 21.9 Å². The van der Waals surface area contributed by atoms with E-state index in [2.05, 4.69) is 15.4 Å². The number of nitrogens with one attached hydrogen (secondary N) is 4. The third kappa shape index (κ3) is 4.58. The molecule has 4 N–H and O–H groups in total. The van der Waals surface area contributed by atoms with Crippen molar-refractivity contribution in [2.24, 2.45) is 0 Å². The molecule has 0 atom stereocenters. The van der Waals surface area contributed by atoms with Gasteiger partial charge in [0, 0.05) is 43.4 Å². The van der Waals surface area contributed by atoms with E-state index in [-0.39, 0.29) is 40.0 Å². The van der Waals surface area contributed by atoms with Gasteiger partial charge in [-0.15, -0.1) is 0 Å². The molecule has 2 saturated heterocycles. The maximum atomic E-state index is 13.8. The average Bonchev–Trinajstić information content (AvgIpc) is 3.13. The predicted octanol–water partition coefficient (Wildman–Crippen LogP) is 1.55. The molecule has 2 aliphatic heterocycles. The van der Waals surface area contributed by atoms with Crippen molar-refractivity contribution in [3.8, 4) is 0 Å². The summed E-state index contributed by atoms with van der Waals surface area (Å²) in [6.45, 7) is 1.26. The fourth-order valence-electron chi connectivity index (χ4n) is 3.95. The SMILES string of the molecule is N=C1NCC2(CCN(C(=O)c3cccc(S(=O)(=O)NCc4ccc(F)cc4F)c3)CC2)N1. The first-order valence-corrected chi connectivity index (χ1v) is 11.6. The number of piperidine rings is 1. The Bertz CT molecular complexity index is 1160. The number of guanidine groups is 1. The number of likely N-dealkylation sites (tertiary alicyclic amines) is 1. The molecular formula is C21H23F2N5O3S. The van der Waals surface area contributed by atoms with Gasteiger partial charge in [0.2, 0.25) is 10.0 Å². The average molecular weight is 464 g/mol. The van der Waals surface area contributed by atoms with Crippen molar-refractivity contribution < 1.29 is 22.0 Å². The van der Waals surface area contributed by atoms with Crippen LogP contribution in [0.3, 0.4) is 0 Å². The molecule has 4 rings (SSSR count). The molecule has 32 heavy (non-hydrogen) atoms. The zero-order valence-corrected chi connectivity index (χ0v) is 17.9. The van der Waals surface area contributed by atoms with Crippen molar-refractivity contribution in [1.29, 1.82) is 5.41 Å². The lowest BCUT2D eigenvalue weighted by molar-refractivity contribution is 0.0668. The van der Waals surface area contributed by atoms with Gasteiger partial charge < -0.3 is 15.5 Å². The van der Waals surface area contributed by atoms with Gasteiger partial charge >= 0.3 is 0 Å². The van der Waals surface area contributed by atoms with Crippen molar-refractivity contribution in [2.45, 2.75) is 29.8 Å². The fraction of sp³-hybridized carbons (Fsp3) is 0.333. The van der Waals surface area contributed by atoms with Crippen LogP contribution >= 0.6 is 0 Å². The second kappa shape index (κ2) is 8.47. The van der Waals surface area contributed by atoms with E-state index in [0.717, 1.165) is 6.07 Å². The van der Waals surface area contributed by atoms with Crippen LogP contribution in [-0.4, -0.2) is 50.4 Å². The molecule has 0 bridgehead atoms. The Morgan fingerprint density at radius 2 is 1.91 bits per heavy atom. The number of sulfonamides is 1. The summed E-state index contributed by atoms with van der Waals surface area (Å²) in [5.74, 6) is -1.58. The molecule has 11 heteroatoms. The first-order chi connectivity index (χ1) is 15.2. The summed E-state index contributed by atoms with van der Waals surface area (Å²) < 4.78 is 54.4. The van der Waals surface area contributed by atoms with Gasteiger partial charge in [-0.05, 0) is 37.1 Å². The molecule has 2 aromatic carbocycles. The van der Waals surface area contributed by atoms with E-state index in [1.807, 2.05) is 0 Å². The molecule has 0 aliphatic carbocycles. The van der Waals surface area contributed by atoms with Gasteiger partial charge in [-0.1, -0.05) is 12.1 Å². The van der Waals surface area contributed by atoms with Crippen LogP contribution in [0.15, 0.2) is 47.4 Å². The number of amides is 1. The van der Waals surface area contributed by atoms with E-state index < -0.39 is 21.7 Å². The Hall–Kier alpha value is -3.05. The zero-order valence-electron chi connectivity index (χ0n) is 17.1. The number of halogens is 2. The van der Waals surface area contributed by atoms with Gasteiger partial charge in [-0.2, -0.15) is 0 Å². The lowest BCUT2D eigenvalue weighted by Gasteiger charge is -2.38. The molecule has 2 aliphatic rings. The lowest BCUT2D eigenvalue weighted by Crippen LogP contribution is -2.53. The minimum Gasteiger partial charge on any atom is -0.354 e. The molecule has 0 radical (unpaired) electrons. The van der Waals surface area contributed by atoms with Crippen LogP contribution < -0.4 is 15.4 Å². The first kappa shape index (κ1) is 22.2. The van der Waals surface area contributed by atoms with Crippen LogP contribution in [0.25, 0.3) is 0 Å². The van der Waals surface area contributed by atoms with Crippen LogP contribution in [0, 0.1) is 17.0 Å². The van der Waals surface area contributed by atoms with Crippen molar-refractivity contribution in [1.82, 2.24) is 20.3 Å². The molecule has 2 aromatic rings. The molecule has 0 unspecified atom stereocenters. The predicted molar refractivity (Wildman–Crippen MR) is 114 cm³/mol. The number of carbonyl (C=O) groups is 1. The van der Waals surface area contributed by atoms with Gasteiger partial charge in [-0.3, -0.25) is 10.2 Å². The Morgan fingerprint density at radius 3 is 2.56 bits per heavy atom. The molecule has 170 valence electrons. The van der Waals surface area contributed by atoms with E-state index in [4.69, 9.17) is 5.41 Å². The number of hydrogen-bond donors (Lipinski definition) is 4. The highest BCUT2D eigenvalue weighted by Crippen LogP contribution is 2.25. The summed E-state index contributed by atoms with van der Waals surface area (Å²) in [5, 5.41) is 13.8. The van der Waals surface area contributed by atoms with Crippen LogP contribution in [0.5, 0.6) is 0 Å². The number of nitrogens with zero attached hydrogens (tertiary/aromatic N) is 1. The fourth-order valence-corrected chi connectivity index (χ4v) is 5.00. The topological polar surface area (TPSA) is 114 Å². The van der Waals surface area contributed by atoms with E-state index in [1.165, 1.54) is 24.3 Å². The van der Waals surface area contributed by atoms with E-state index in [0.29, 0.717) is 38.5 Å². The van der Waals surface area contributed by atoms with Gasteiger partial charge in [0.1, 0.15) is 11.6 Å². The molecule has 0 saturated carbocycles. The minimum atomic E-state index is -4.02. The molecule has 1 spiro atoms. The normalized spacial score (nSPS) is 17.8. The minimum absolute atomic E-state index is 0.00699. The molecule has 8 nitrogen and oxygen atoms in total. The van der Waals surface area contributed by atoms with E-state index in [9.17, 15) is 22.0 Å². The highest BCUT2D eigenvalue weighted by molar-refractivity contribution is 7.89. The summed E-state index contributed by atoms with van der Waals surface area (Å²) in [5.41, 5.74) is 0.0214. The highest BCUT2D eigenvalue weighted by Gasteiger charge is 2.40. The maximum Gasteiger partial charge on any atom is 0.253 e. The molecule has 1 amide bonds. The van der Waals surface area contributed by atoms with Crippen LogP contribution in [0.2, 0.25) is 0 Å². The third-order valence-corrected chi connectivity index (χ3v) is 7.26. The van der Waals surface area contributed by atoms with Crippen LogP contribution in [0.1, 0.15) is 28.8 Å². The Balaban J connectivity index is 1.43. The van der Waals surface area contributed by atoms with Crippen molar-refractivity contribution in [3.05, 3.63) is 65.2 Å². The molecule has 2 fully saturated rings. The van der Waals surface area contributed by atoms with Crippen molar-refractivity contribution in [3.63, 3.8) is 0 Å². The van der Waals surface area contributed by atoms with Crippen LogP contribution in [-0.2, 0) is 16.6 Å². The Kier molecular flexibility index (Phi) is 5.87. The van der Waals surface area contributed by atoms with E-state index in [1.54, 1.807) is 11.0 Å². The van der Waals surface area contributed by atoms with Gasteiger partial charge in [0.15, 0.2) is 5.96 Å². The summed E-state index contributed by atoms with van der Waals surface area (Å²) in [7, 11) is -4.02. The summed E-state index contributed by atoms with van der Waals surface area (Å²) in [6.07, 6.45) is 1.35. The molecular weight excluding hydrogens is 440 g/mol. The summed E-state index contributed by atoms with van der Waals surface area (Å²) in [6, 6.07) is 8.59. The number of carbonyl (C=O) groups excluding carboxylic acids is 1. The third-order valence-electron chi connectivity index (χ3n) is 5.86. The zero-order chi connectivity index (χ0) is 22.9. The molecule has 2 heterocycles. The van der Waals surface area contributed by atoms with Crippen LogP contribution in [0.4, 0.5) is 8.78 Å². The largest absolute Gasteiger partial charge is 0.354 e. The van der Waals surface area contributed by atoms with Crippen molar-refractivity contribution >= 4 is 21.9 Å². The van der Waals surface area contributed by atoms with E-state index >= 15 is 0 Å². The Morgan fingerprint density at radius 1 is 1.16 bits per heavy atom. The second-order valence-electron chi connectivity index (χ2n) is 8.01. The summed E-state index contributed by atoms with van der Waals surface area (Å²) >= 11 is 0. The number of hydrogen-bond acceptors (Lipinski definition) is 4. The smallest absolute Gasteiger partial charge is 0.253 e. The molecule has 0 aromatic heterocycles. The number of benzene rings is 2.